The van der Waals surface area contributed by atoms with Crippen LogP contribution in [0, 0.1) is 17.0 Å². The number of esters is 1. The highest BCUT2D eigenvalue weighted by atomic mass is 16.6. The number of non-ortho nitro benzene ring substituents is 1. The largest absolute Gasteiger partial charge is 0.455 e. The van der Waals surface area contributed by atoms with Gasteiger partial charge in [0, 0.05) is 24.7 Å². The number of nitrogens with one attached hydrogen (secondary N) is 2. The van der Waals surface area contributed by atoms with Gasteiger partial charge in [-0.1, -0.05) is 30.3 Å². The number of carbonyl (C=O) groups is 3. The molecular weight excluding hydrogens is 378 g/mol. The lowest BCUT2D eigenvalue weighted by Gasteiger charge is -2.17. The van der Waals surface area contributed by atoms with Gasteiger partial charge < -0.3 is 15.4 Å². The molecule has 0 radical (unpaired) electrons. The third-order valence-corrected chi connectivity index (χ3v) is 4.01. The van der Waals surface area contributed by atoms with Crippen LogP contribution in [-0.4, -0.2) is 29.3 Å². The van der Waals surface area contributed by atoms with Crippen LogP contribution in [0.1, 0.15) is 30.5 Å². The predicted octanol–water partition coefficient (Wildman–Crippen LogP) is 2.65. The summed E-state index contributed by atoms with van der Waals surface area (Å²) in [5.41, 5.74) is 1.55. The van der Waals surface area contributed by atoms with Crippen LogP contribution < -0.4 is 10.6 Å². The monoisotopic (exact) mass is 399 g/mol. The standard InChI is InChI=1S/C20H21N3O6/c1-13-10-16(23(27)28)8-9-17(13)22-19(25)12-29-20(26)11-18(21-14(2)24)15-6-4-3-5-7-15/h3-10,18H,11-12H2,1-2H3,(H,21,24)(H,22,25)/t18-/m1/s1. The summed E-state index contributed by atoms with van der Waals surface area (Å²) in [4.78, 5) is 45.8. The van der Waals surface area contributed by atoms with Gasteiger partial charge in [0.25, 0.3) is 11.6 Å². The van der Waals surface area contributed by atoms with Crippen LogP contribution in [-0.2, 0) is 19.1 Å². The van der Waals surface area contributed by atoms with E-state index in [0.717, 1.165) is 5.56 Å². The van der Waals surface area contributed by atoms with Crippen molar-refractivity contribution < 1.29 is 24.0 Å². The first kappa shape index (κ1) is 21.5. The van der Waals surface area contributed by atoms with Gasteiger partial charge in [0.1, 0.15) is 0 Å². The highest BCUT2D eigenvalue weighted by molar-refractivity contribution is 5.93. The summed E-state index contributed by atoms with van der Waals surface area (Å²) in [6, 6.07) is 12.4. The lowest BCUT2D eigenvalue weighted by atomic mass is 10.0. The second kappa shape index (κ2) is 9.98. The van der Waals surface area contributed by atoms with Gasteiger partial charge in [-0.05, 0) is 24.1 Å². The van der Waals surface area contributed by atoms with Gasteiger partial charge in [0.15, 0.2) is 6.61 Å². The molecule has 2 aromatic rings. The lowest BCUT2D eigenvalue weighted by molar-refractivity contribution is -0.384. The van der Waals surface area contributed by atoms with E-state index >= 15 is 0 Å². The maximum absolute atomic E-state index is 12.1. The van der Waals surface area contributed by atoms with Crippen LogP contribution in [0.5, 0.6) is 0 Å². The molecule has 9 nitrogen and oxygen atoms in total. The molecule has 1 atom stereocenters. The zero-order valence-electron chi connectivity index (χ0n) is 16.0. The minimum Gasteiger partial charge on any atom is -0.455 e. The first-order chi connectivity index (χ1) is 13.8. The topological polar surface area (TPSA) is 128 Å². The highest BCUT2D eigenvalue weighted by Crippen LogP contribution is 2.21. The molecule has 29 heavy (non-hydrogen) atoms. The van der Waals surface area contributed by atoms with Gasteiger partial charge in [0.2, 0.25) is 5.91 Å². The van der Waals surface area contributed by atoms with E-state index in [2.05, 4.69) is 10.6 Å². The number of aryl methyl sites for hydroxylation is 1. The maximum atomic E-state index is 12.1. The fourth-order valence-electron chi connectivity index (χ4n) is 2.64. The zero-order chi connectivity index (χ0) is 21.4. The van der Waals surface area contributed by atoms with E-state index in [4.69, 9.17) is 4.74 Å². The molecule has 0 aromatic heterocycles. The molecule has 2 amide bonds. The van der Waals surface area contributed by atoms with E-state index in [1.165, 1.54) is 25.1 Å². The van der Waals surface area contributed by atoms with Crippen molar-refractivity contribution in [2.24, 2.45) is 0 Å². The number of ether oxygens (including phenoxy) is 1. The number of nitro groups is 1. The SMILES string of the molecule is CC(=O)N[C@H](CC(=O)OCC(=O)Nc1ccc([N+](=O)[O-])cc1C)c1ccccc1. The zero-order valence-corrected chi connectivity index (χ0v) is 16.0. The van der Waals surface area contributed by atoms with Crippen molar-refractivity contribution in [1.82, 2.24) is 5.32 Å². The minimum absolute atomic E-state index is 0.0862. The Morgan fingerprint density at radius 1 is 1.14 bits per heavy atom. The fourth-order valence-corrected chi connectivity index (χ4v) is 2.64. The number of nitro benzene ring substituents is 1. The Hall–Kier alpha value is -3.75. The molecule has 0 aliphatic carbocycles. The number of carbonyl (C=O) groups excluding carboxylic acids is 3. The number of rotatable bonds is 8. The van der Waals surface area contributed by atoms with Gasteiger partial charge in [-0.2, -0.15) is 0 Å². The van der Waals surface area contributed by atoms with Crippen LogP contribution >= 0.6 is 0 Å². The molecule has 0 saturated carbocycles. The van der Waals surface area contributed by atoms with Gasteiger partial charge >= 0.3 is 5.97 Å². The molecular formula is C20H21N3O6. The van der Waals surface area contributed by atoms with Gasteiger partial charge in [-0.25, -0.2) is 0 Å². The Bertz CT molecular complexity index is 914. The Morgan fingerprint density at radius 2 is 1.83 bits per heavy atom. The van der Waals surface area contributed by atoms with Crippen LogP contribution in [0.2, 0.25) is 0 Å². The summed E-state index contributed by atoms with van der Waals surface area (Å²) < 4.78 is 5.00. The first-order valence-corrected chi connectivity index (χ1v) is 8.79. The summed E-state index contributed by atoms with van der Waals surface area (Å²) in [7, 11) is 0. The van der Waals surface area contributed by atoms with Gasteiger partial charge in [-0.3, -0.25) is 24.5 Å². The fraction of sp³-hybridized carbons (Fsp3) is 0.250. The number of hydrogen-bond acceptors (Lipinski definition) is 6. The van der Waals surface area contributed by atoms with E-state index < -0.39 is 29.4 Å². The predicted molar refractivity (Wildman–Crippen MR) is 105 cm³/mol. The Morgan fingerprint density at radius 3 is 2.41 bits per heavy atom. The van der Waals surface area contributed by atoms with E-state index in [-0.39, 0.29) is 18.0 Å². The number of nitrogens with zero attached hydrogens (tertiary/aromatic N) is 1. The molecule has 9 heteroatoms. The van der Waals surface area contributed by atoms with E-state index in [9.17, 15) is 24.5 Å². The highest BCUT2D eigenvalue weighted by Gasteiger charge is 2.19. The summed E-state index contributed by atoms with van der Waals surface area (Å²) in [6.07, 6.45) is -0.132. The third kappa shape index (κ3) is 6.73. The van der Waals surface area contributed by atoms with E-state index in [0.29, 0.717) is 11.3 Å². The average Bonchev–Trinajstić information content (AvgIpc) is 2.67. The van der Waals surface area contributed by atoms with Crippen molar-refractivity contribution in [3.8, 4) is 0 Å². The van der Waals surface area contributed by atoms with Gasteiger partial charge in [-0.15, -0.1) is 0 Å². The Labute approximate surface area is 167 Å². The smallest absolute Gasteiger partial charge is 0.308 e. The number of benzene rings is 2. The van der Waals surface area contributed by atoms with Crippen molar-refractivity contribution in [2.75, 3.05) is 11.9 Å². The van der Waals surface area contributed by atoms with Crippen molar-refractivity contribution in [3.05, 3.63) is 69.8 Å². The van der Waals surface area contributed by atoms with Crippen LogP contribution in [0.4, 0.5) is 11.4 Å². The molecule has 0 fully saturated rings. The van der Waals surface area contributed by atoms with Crippen molar-refractivity contribution >= 4 is 29.2 Å². The summed E-state index contributed by atoms with van der Waals surface area (Å²) in [5.74, 6) is -1.52. The first-order valence-electron chi connectivity index (χ1n) is 8.79. The maximum Gasteiger partial charge on any atom is 0.308 e. The molecule has 0 aliphatic rings. The van der Waals surface area contributed by atoms with Crippen molar-refractivity contribution in [3.63, 3.8) is 0 Å². The molecule has 0 saturated heterocycles. The van der Waals surface area contributed by atoms with Crippen molar-refractivity contribution in [1.29, 1.82) is 0 Å². The molecule has 0 unspecified atom stereocenters. The number of amides is 2. The number of hydrogen-bond donors (Lipinski definition) is 2. The van der Waals surface area contributed by atoms with Crippen molar-refractivity contribution in [2.45, 2.75) is 26.3 Å². The molecule has 0 bridgehead atoms. The molecule has 0 spiro atoms. The van der Waals surface area contributed by atoms with Crippen LogP contribution in [0.25, 0.3) is 0 Å². The summed E-state index contributed by atoms with van der Waals surface area (Å²) >= 11 is 0. The second-order valence-electron chi connectivity index (χ2n) is 6.33. The summed E-state index contributed by atoms with van der Waals surface area (Å²) in [5, 5.41) is 16.0. The molecule has 2 rings (SSSR count). The van der Waals surface area contributed by atoms with Crippen LogP contribution in [0.3, 0.4) is 0 Å². The molecule has 152 valence electrons. The van der Waals surface area contributed by atoms with E-state index in [1.807, 2.05) is 6.07 Å². The molecule has 0 aliphatic heterocycles. The molecule has 2 N–H and O–H groups in total. The molecule has 2 aromatic carbocycles. The summed E-state index contributed by atoms with van der Waals surface area (Å²) in [6.45, 7) is 2.45. The Kier molecular flexibility index (Phi) is 7.41. The normalized spacial score (nSPS) is 11.2. The second-order valence-corrected chi connectivity index (χ2v) is 6.33. The third-order valence-electron chi connectivity index (χ3n) is 4.01. The van der Waals surface area contributed by atoms with Gasteiger partial charge in [0.05, 0.1) is 17.4 Å². The van der Waals surface area contributed by atoms with Crippen LogP contribution in [0.15, 0.2) is 48.5 Å². The minimum atomic E-state index is -0.650. The Balaban J connectivity index is 1.91. The molecule has 0 heterocycles. The van der Waals surface area contributed by atoms with E-state index in [1.54, 1.807) is 31.2 Å². The average molecular weight is 399 g/mol. The quantitative estimate of drug-likeness (QED) is 0.399. The lowest BCUT2D eigenvalue weighted by Crippen LogP contribution is -2.29. The number of anilines is 1.